The monoisotopic (exact) mass is 429 g/mol. The van der Waals surface area contributed by atoms with Crippen molar-refractivity contribution in [2.24, 2.45) is 0 Å². The quantitative estimate of drug-likeness (QED) is 0.688. The Balaban J connectivity index is 1.68. The van der Waals surface area contributed by atoms with Gasteiger partial charge in [0.15, 0.2) is 0 Å². The Morgan fingerprint density at radius 3 is 2.42 bits per heavy atom. The zero-order valence-electron chi connectivity index (χ0n) is 19.0. The lowest BCUT2D eigenvalue weighted by atomic mass is 9.90. The van der Waals surface area contributed by atoms with Crippen LogP contribution in [-0.2, 0) is 9.53 Å². The summed E-state index contributed by atoms with van der Waals surface area (Å²) >= 11 is 0. The van der Waals surface area contributed by atoms with Crippen molar-refractivity contribution in [2.45, 2.75) is 83.3 Å². The molecule has 170 valence electrons. The van der Waals surface area contributed by atoms with E-state index in [0.29, 0.717) is 25.1 Å². The maximum Gasteiger partial charge on any atom is 0.408 e. The van der Waals surface area contributed by atoms with E-state index in [4.69, 9.17) is 4.74 Å². The molecule has 7 heteroatoms. The fourth-order valence-corrected chi connectivity index (χ4v) is 4.36. The predicted octanol–water partition coefficient (Wildman–Crippen LogP) is 4.16. The third-order valence-electron chi connectivity index (χ3n) is 5.91. The zero-order valence-corrected chi connectivity index (χ0v) is 19.0. The van der Waals surface area contributed by atoms with E-state index in [1.54, 1.807) is 23.1 Å². The summed E-state index contributed by atoms with van der Waals surface area (Å²) in [6, 6.07) is 7.17. The van der Waals surface area contributed by atoms with E-state index in [2.05, 4.69) is 10.6 Å². The molecule has 3 amide bonds. The summed E-state index contributed by atoms with van der Waals surface area (Å²) in [6.45, 7) is 6.55. The normalized spacial score (nSPS) is 18.9. The number of rotatable bonds is 5. The molecule has 31 heavy (non-hydrogen) atoms. The third-order valence-corrected chi connectivity index (χ3v) is 5.91. The SMILES string of the molecule is CC(C)(C)OC(=O)NC1(CNC(=O)c2cccc(N3CCCC3=O)c2)CCCCCC1. The van der Waals surface area contributed by atoms with Gasteiger partial charge in [0.2, 0.25) is 5.91 Å². The lowest BCUT2D eigenvalue weighted by molar-refractivity contribution is -0.117. The Morgan fingerprint density at radius 2 is 1.81 bits per heavy atom. The van der Waals surface area contributed by atoms with Crippen molar-refractivity contribution < 1.29 is 19.1 Å². The van der Waals surface area contributed by atoms with Crippen LogP contribution in [0.1, 0.15) is 82.5 Å². The Labute approximate surface area is 184 Å². The third kappa shape index (κ3) is 6.45. The van der Waals surface area contributed by atoms with E-state index in [9.17, 15) is 14.4 Å². The second kappa shape index (κ2) is 9.71. The number of carbonyl (C=O) groups is 3. The van der Waals surface area contributed by atoms with Gasteiger partial charge >= 0.3 is 6.09 Å². The van der Waals surface area contributed by atoms with Crippen LogP contribution < -0.4 is 15.5 Å². The molecule has 0 spiro atoms. The molecule has 2 aliphatic rings. The highest BCUT2D eigenvalue weighted by Crippen LogP contribution is 2.28. The molecule has 2 fully saturated rings. The smallest absolute Gasteiger partial charge is 0.408 e. The van der Waals surface area contributed by atoms with Gasteiger partial charge in [-0.3, -0.25) is 9.59 Å². The number of anilines is 1. The van der Waals surface area contributed by atoms with Crippen LogP contribution in [-0.4, -0.2) is 42.1 Å². The van der Waals surface area contributed by atoms with Crippen molar-refractivity contribution in [1.82, 2.24) is 10.6 Å². The van der Waals surface area contributed by atoms with E-state index in [1.807, 2.05) is 26.8 Å². The number of ether oxygens (including phenoxy) is 1. The number of nitrogens with one attached hydrogen (secondary N) is 2. The number of nitrogens with zero attached hydrogens (tertiary/aromatic N) is 1. The summed E-state index contributed by atoms with van der Waals surface area (Å²) in [5, 5.41) is 6.09. The Morgan fingerprint density at radius 1 is 1.10 bits per heavy atom. The number of hydrogen-bond acceptors (Lipinski definition) is 4. The fourth-order valence-electron chi connectivity index (χ4n) is 4.36. The van der Waals surface area contributed by atoms with Gasteiger partial charge in [-0.2, -0.15) is 0 Å². The standard InChI is InChI=1S/C24H35N3O4/c1-23(2,3)31-22(30)26-24(13-6-4-5-7-14-24)17-25-21(29)18-10-8-11-19(16-18)27-15-9-12-20(27)28/h8,10-11,16H,4-7,9,12-15,17H2,1-3H3,(H,25,29)(H,26,30). The van der Waals surface area contributed by atoms with E-state index in [0.717, 1.165) is 50.6 Å². The molecule has 2 N–H and O–H groups in total. The highest BCUT2D eigenvalue weighted by atomic mass is 16.6. The number of amides is 3. The number of carbonyl (C=O) groups excluding carboxylic acids is 3. The van der Waals surface area contributed by atoms with Crippen LogP contribution in [0.2, 0.25) is 0 Å². The highest BCUT2D eigenvalue weighted by molar-refractivity contribution is 5.99. The van der Waals surface area contributed by atoms with Gasteiger partial charge in [0.1, 0.15) is 5.60 Å². The van der Waals surface area contributed by atoms with Crippen molar-refractivity contribution in [2.75, 3.05) is 18.0 Å². The Bertz CT molecular complexity index is 807. The predicted molar refractivity (Wildman–Crippen MR) is 120 cm³/mol. The topological polar surface area (TPSA) is 87.7 Å². The molecule has 0 radical (unpaired) electrons. The van der Waals surface area contributed by atoms with E-state index >= 15 is 0 Å². The van der Waals surface area contributed by atoms with Crippen molar-refractivity contribution in [1.29, 1.82) is 0 Å². The molecule has 1 aromatic carbocycles. The number of benzene rings is 1. The second-order valence-electron chi connectivity index (χ2n) is 9.70. The summed E-state index contributed by atoms with van der Waals surface area (Å²) in [5.41, 5.74) is 0.174. The Hall–Kier alpha value is -2.57. The molecule has 1 aliphatic heterocycles. The minimum atomic E-state index is -0.577. The van der Waals surface area contributed by atoms with Gasteiger partial charge in [-0.05, 0) is 58.2 Å². The van der Waals surface area contributed by atoms with Crippen molar-refractivity contribution in [3.8, 4) is 0 Å². The fraction of sp³-hybridized carbons (Fsp3) is 0.625. The number of alkyl carbamates (subject to hydrolysis) is 1. The lowest BCUT2D eigenvalue weighted by Crippen LogP contribution is -2.56. The molecule has 0 bridgehead atoms. The molecule has 1 aromatic rings. The highest BCUT2D eigenvalue weighted by Gasteiger charge is 2.35. The first-order valence-electron chi connectivity index (χ1n) is 11.4. The van der Waals surface area contributed by atoms with Gasteiger partial charge in [-0.15, -0.1) is 0 Å². The first-order chi connectivity index (χ1) is 14.7. The lowest BCUT2D eigenvalue weighted by Gasteiger charge is -2.35. The van der Waals surface area contributed by atoms with Crippen LogP contribution in [0.15, 0.2) is 24.3 Å². The summed E-state index contributed by atoms with van der Waals surface area (Å²) in [4.78, 5) is 39.2. The van der Waals surface area contributed by atoms with Crippen molar-refractivity contribution in [3.05, 3.63) is 29.8 Å². The average Bonchev–Trinajstić information content (AvgIpc) is 2.99. The molecule has 7 nitrogen and oxygen atoms in total. The van der Waals surface area contributed by atoms with Gasteiger partial charge in [-0.1, -0.05) is 31.7 Å². The minimum absolute atomic E-state index is 0.0940. The minimum Gasteiger partial charge on any atom is -0.444 e. The molecule has 1 aliphatic carbocycles. The van der Waals surface area contributed by atoms with Crippen LogP contribution in [0.3, 0.4) is 0 Å². The van der Waals surface area contributed by atoms with Crippen molar-refractivity contribution >= 4 is 23.6 Å². The van der Waals surface area contributed by atoms with Crippen LogP contribution in [0.5, 0.6) is 0 Å². The molecule has 1 heterocycles. The molecule has 0 atom stereocenters. The second-order valence-corrected chi connectivity index (χ2v) is 9.70. The van der Waals surface area contributed by atoms with Gasteiger partial charge < -0.3 is 20.3 Å². The average molecular weight is 430 g/mol. The van der Waals surface area contributed by atoms with Gasteiger partial charge in [0.05, 0.1) is 5.54 Å². The molecule has 0 aromatic heterocycles. The summed E-state index contributed by atoms with van der Waals surface area (Å²) in [5.74, 6) is -0.111. The molecule has 1 saturated carbocycles. The van der Waals surface area contributed by atoms with E-state index < -0.39 is 17.2 Å². The molecule has 1 saturated heterocycles. The van der Waals surface area contributed by atoms with E-state index in [1.165, 1.54) is 0 Å². The van der Waals surface area contributed by atoms with Crippen molar-refractivity contribution in [3.63, 3.8) is 0 Å². The number of hydrogen-bond donors (Lipinski definition) is 2. The Kier molecular flexibility index (Phi) is 7.23. The first-order valence-corrected chi connectivity index (χ1v) is 11.4. The van der Waals surface area contributed by atoms with E-state index in [-0.39, 0.29) is 11.8 Å². The summed E-state index contributed by atoms with van der Waals surface area (Å²) in [6.07, 6.45) is 6.79. The largest absolute Gasteiger partial charge is 0.444 e. The maximum absolute atomic E-state index is 12.9. The molecule has 3 rings (SSSR count). The molecular weight excluding hydrogens is 394 g/mol. The van der Waals surface area contributed by atoms with Gasteiger partial charge in [0.25, 0.3) is 5.91 Å². The molecular formula is C24H35N3O4. The first kappa shape index (κ1) is 23.1. The van der Waals surface area contributed by atoms with Crippen LogP contribution in [0.25, 0.3) is 0 Å². The maximum atomic E-state index is 12.9. The molecule has 0 unspecified atom stereocenters. The summed E-state index contributed by atoms with van der Waals surface area (Å²) < 4.78 is 5.48. The zero-order chi connectivity index (χ0) is 22.5. The van der Waals surface area contributed by atoms with Gasteiger partial charge in [0, 0.05) is 30.8 Å². The van der Waals surface area contributed by atoms with Gasteiger partial charge in [-0.25, -0.2) is 4.79 Å². The van der Waals surface area contributed by atoms with Crippen LogP contribution >= 0.6 is 0 Å². The van der Waals surface area contributed by atoms with Crippen LogP contribution in [0, 0.1) is 0 Å². The van der Waals surface area contributed by atoms with Crippen LogP contribution in [0.4, 0.5) is 10.5 Å². The summed E-state index contributed by atoms with van der Waals surface area (Å²) in [7, 11) is 0.